The molecule has 3 rings (SSSR count). The Morgan fingerprint density at radius 1 is 1.10 bits per heavy atom. The lowest BCUT2D eigenvalue weighted by molar-refractivity contribution is 0.637. The molecule has 102 valence electrons. The summed E-state index contributed by atoms with van der Waals surface area (Å²) in [6, 6.07) is 12.4. The average molecular weight is 329 g/mol. The Hall–Kier alpha value is -1.61. The minimum Gasteiger partial charge on any atom is -0.398 e. The van der Waals surface area contributed by atoms with Crippen molar-refractivity contribution in [1.29, 1.82) is 0 Å². The van der Waals surface area contributed by atoms with Crippen molar-refractivity contribution < 1.29 is 0 Å². The molecule has 0 aliphatic rings. The number of benzene rings is 2. The molecule has 0 saturated carbocycles. The van der Waals surface area contributed by atoms with E-state index >= 15 is 0 Å². The van der Waals surface area contributed by atoms with Gasteiger partial charge >= 0.3 is 0 Å². The predicted octanol–water partition coefficient (Wildman–Crippen LogP) is 4.93. The summed E-state index contributed by atoms with van der Waals surface area (Å²) in [6.45, 7) is 4.39. The van der Waals surface area contributed by atoms with Crippen LogP contribution in [0.25, 0.3) is 21.7 Å². The number of nitrogens with two attached hydrogens (primary N) is 1. The highest BCUT2D eigenvalue weighted by Gasteiger charge is 2.10. The van der Waals surface area contributed by atoms with Crippen LogP contribution in [0, 0.1) is 5.92 Å². The third-order valence-corrected chi connectivity index (χ3v) is 4.13. The fourth-order valence-corrected chi connectivity index (χ4v) is 3.19. The van der Waals surface area contributed by atoms with Crippen LogP contribution in [0.4, 0.5) is 5.69 Å². The Balaban J connectivity index is 2.38. The number of nitrogens with zero attached hydrogens (tertiary/aromatic N) is 1. The monoisotopic (exact) mass is 328 g/mol. The molecule has 20 heavy (non-hydrogen) atoms. The van der Waals surface area contributed by atoms with Gasteiger partial charge in [-0.05, 0) is 29.9 Å². The number of halogens is 1. The molecule has 1 heterocycles. The molecule has 3 aromatic rings. The SMILES string of the molecule is CC(C)Cc1cc(N)c2cc(Br)c3ccccc3c2n1. The van der Waals surface area contributed by atoms with E-state index in [9.17, 15) is 0 Å². The first-order valence-electron chi connectivity index (χ1n) is 6.82. The lowest BCUT2D eigenvalue weighted by Gasteiger charge is -2.11. The van der Waals surface area contributed by atoms with Gasteiger partial charge in [0.25, 0.3) is 0 Å². The number of nitrogen functional groups attached to an aromatic ring is 1. The highest BCUT2D eigenvalue weighted by atomic mass is 79.9. The van der Waals surface area contributed by atoms with Gasteiger partial charge in [0.05, 0.1) is 5.52 Å². The molecule has 2 N–H and O–H groups in total. The fourth-order valence-electron chi connectivity index (χ4n) is 2.61. The average Bonchev–Trinajstić information content (AvgIpc) is 2.40. The number of anilines is 1. The lowest BCUT2D eigenvalue weighted by atomic mass is 10.0. The number of aromatic nitrogens is 1. The smallest absolute Gasteiger partial charge is 0.0805 e. The Morgan fingerprint density at radius 2 is 1.80 bits per heavy atom. The zero-order valence-electron chi connectivity index (χ0n) is 11.7. The van der Waals surface area contributed by atoms with Gasteiger partial charge in [0.1, 0.15) is 0 Å². The van der Waals surface area contributed by atoms with Crippen molar-refractivity contribution in [3.8, 4) is 0 Å². The molecule has 3 heteroatoms. The molecule has 0 aliphatic carbocycles. The molecule has 0 amide bonds. The largest absolute Gasteiger partial charge is 0.398 e. The maximum Gasteiger partial charge on any atom is 0.0805 e. The van der Waals surface area contributed by atoms with Crippen molar-refractivity contribution in [2.24, 2.45) is 5.92 Å². The molecule has 2 nitrogen and oxygen atoms in total. The molecule has 0 radical (unpaired) electrons. The molecular weight excluding hydrogens is 312 g/mol. The van der Waals surface area contributed by atoms with Crippen molar-refractivity contribution >= 4 is 43.3 Å². The number of rotatable bonds is 2. The van der Waals surface area contributed by atoms with Crippen LogP contribution in [-0.2, 0) is 6.42 Å². The van der Waals surface area contributed by atoms with E-state index in [0.29, 0.717) is 5.92 Å². The van der Waals surface area contributed by atoms with Crippen LogP contribution in [0.15, 0.2) is 40.9 Å². The van der Waals surface area contributed by atoms with Gasteiger partial charge in [-0.1, -0.05) is 54.0 Å². The van der Waals surface area contributed by atoms with Crippen LogP contribution in [0.5, 0.6) is 0 Å². The van der Waals surface area contributed by atoms with Crippen LogP contribution >= 0.6 is 15.9 Å². The third kappa shape index (κ3) is 2.27. The van der Waals surface area contributed by atoms with Crippen LogP contribution in [0.1, 0.15) is 19.5 Å². The first-order valence-corrected chi connectivity index (χ1v) is 7.62. The summed E-state index contributed by atoms with van der Waals surface area (Å²) in [4.78, 5) is 4.84. The van der Waals surface area contributed by atoms with Crippen molar-refractivity contribution in [2.75, 3.05) is 5.73 Å². The van der Waals surface area contributed by atoms with Crippen LogP contribution in [-0.4, -0.2) is 4.98 Å². The molecule has 0 atom stereocenters. The highest BCUT2D eigenvalue weighted by molar-refractivity contribution is 9.10. The Labute approximate surface area is 127 Å². The van der Waals surface area contributed by atoms with Crippen molar-refractivity contribution in [3.63, 3.8) is 0 Å². The number of fused-ring (bicyclic) bond motifs is 3. The lowest BCUT2D eigenvalue weighted by Crippen LogP contribution is -2.00. The predicted molar refractivity (Wildman–Crippen MR) is 89.9 cm³/mol. The molecular formula is C17H17BrN2. The summed E-state index contributed by atoms with van der Waals surface area (Å²) >= 11 is 3.63. The Morgan fingerprint density at radius 3 is 2.50 bits per heavy atom. The van der Waals surface area contributed by atoms with Gasteiger partial charge in [0.15, 0.2) is 0 Å². The molecule has 2 aromatic carbocycles. The first-order chi connectivity index (χ1) is 9.56. The second-order valence-electron chi connectivity index (χ2n) is 5.60. The summed E-state index contributed by atoms with van der Waals surface area (Å²) in [5.41, 5.74) is 9.10. The Kier molecular flexibility index (Phi) is 3.38. The van der Waals surface area contributed by atoms with E-state index in [1.54, 1.807) is 0 Å². The summed E-state index contributed by atoms with van der Waals surface area (Å²) in [5.74, 6) is 0.570. The molecule has 0 fully saturated rings. The normalized spacial score (nSPS) is 11.6. The molecule has 0 bridgehead atoms. The van der Waals surface area contributed by atoms with E-state index in [4.69, 9.17) is 10.7 Å². The van der Waals surface area contributed by atoms with E-state index in [1.807, 2.05) is 18.2 Å². The highest BCUT2D eigenvalue weighted by Crippen LogP contribution is 2.34. The van der Waals surface area contributed by atoms with Gasteiger partial charge in [0, 0.05) is 26.6 Å². The van der Waals surface area contributed by atoms with Gasteiger partial charge in [-0.25, -0.2) is 0 Å². The molecule has 0 spiro atoms. The quantitative estimate of drug-likeness (QED) is 0.677. The topological polar surface area (TPSA) is 38.9 Å². The second-order valence-corrected chi connectivity index (χ2v) is 6.46. The fraction of sp³-hybridized carbons (Fsp3) is 0.235. The number of hydrogen-bond donors (Lipinski definition) is 1. The second kappa shape index (κ2) is 5.06. The van der Waals surface area contributed by atoms with Crippen molar-refractivity contribution in [1.82, 2.24) is 4.98 Å². The standard InChI is InChI=1S/C17H17BrN2/c1-10(2)7-11-8-16(19)14-9-15(18)12-5-3-4-6-13(12)17(14)20-11/h3-6,8-10H,7H2,1-2H3,(H2,19,20). The molecule has 1 aromatic heterocycles. The van der Waals surface area contributed by atoms with Crippen LogP contribution in [0.3, 0.4) is 0 Å². The first kappa shape index (κ1) is 13.4. The van der Waals surface area contributed by atoms with Gasteiger partial charge in [-0.3, -0.25) is 4.98 Å². The maximum absolute atomic E-state index is 6.23. The van der Waals surface area contributed by atoms with Crippen molar-refractivity contribution in [2.45, 2.75) is 20.3 Å². The zero-order valence-corrected chi connectivity index (χ0v) is 13.2. The Bertz CT molecular complexity index is 794. The number of pyridine rings is 1. The van der Waals surface area contributed by atoms with E-state index in [1.165, 1.54) is 5.39 Å². The van der Waals surface area contributed by atoms with Gasteiger partial charge in [-0.15, -0.1) is 0 Å². The number of hydrogen-bond acceptors (Lipinski definition) is 2. The summed E-state index contributed by atoms with van der Waals surface area (Å²) in [6.07, 6.45) is 0.949. The minimum absolute atomic E-state index is 0.570. The minimum atomic E-state index is 0.570. The maximum atomic E-state index is 6.23. The van der Waals surface area contributed by atoms with E-state index in [0.717, 1.165) is 38.6 Å². The van der Waals surface area contributed by atoms with Crippen molar-refractivity contribution in [3.05, 3.63) is 46.6 Å². The summed E-state index contributed by atoms with van der Waals surface area (Å²) in [5, 5.41) is 3.34. The zero-order chi connectivity index (χ0) is 14.3. The summed E-state index contributed by atoms with van der Waals surface area (Å²) in [7, 11) is 0. The van der Waals surface area contributed by atoms with E-state index in [-0.39, 0.29) is 0 Å². The summed E-state index contributed by atoms with van der Waals surface area (Å²) < 4.78 is 1.06. The van der Waals surface area contributed by atoms with Gasteiger partial charge in [-0.2, -0.15) is 0 Å². The molecule has 0 saturated heterocycles. The molecule has 0 unspecified atom stereocenters. The third-order valence-electron chi connectivity index (χ3n) is 3.47. The van der Waals surface area contributed by atoms with Crippen LogP contribution in [0.2, 0.25) is 0 Å². The van der Waals surface area contributed by atoms with Gasteiger partial charge < -0.3 is 5.73 Å². The van der Waals surface area contributed by atoms with E-state index in [2.05, 4.69) is 48.0 Å². The van der Waals surface area contributed by atoms with Crippen LogP contribution < -0.4 is 5.73 Å². The molecule has 0 aliphatic heterocycles. The van der Waals surface area contributed by atoms with E-state index < -0.39 is 0 Å². The van der Waals surface area contributed by atoms with Gasteiger partial charge in [0.2, 0.25) is 0 Å².